The van der Waals surface area contributed by atoms with Crippen molar-refractivity contribution < 1.29 is 0 Å². The fraction of sp³-hybridized carbons (Fsp3) is 0.0323. The molecule has 152 valence electrons. The van der Waals surface area contributed by atoms with E-state index >= 15 is 0 Å². The molecule has 5 aromatic rings. The Labute approximate surface area is 192 Å². The molecule has 0 atom stereocenters. The molecule has 0 aromatic heterocycles. The van der Waals surface area contributed by atoms with Crippen LogP contribution in [0.2, 0.25) is 0 Å². The molecule has 0 saturated heterocycles. The molecule has 5 aromatic carbocycles. The quantitative estimate of drug-likeness (QED) is 0.313. The molecule has 0 aliphatic carbocycles. The number of hydrogen-bond donors (Lipinski definition) is 0. The first-order valence-electron chi connectivity index (χ1n) is 11.2. The van der Waals surface area contributed by atoms with Gasteiger partial charge in [-0.05, 0) is 0 Å². The molecular weight excluding hydrogens is 445 g/mol. The van der Waals surface area contributed by atoms with Crippen LogP contribution in [0.4, 0.5) is 0 Å². The van der Waals surface area contributed by atoms with Gasteiger partial charge in [0.25, 0.3) is 0 Å². The Morgan fingerprint density at radius 1 is 0.406 bits per heavy atom. The number of fused-ring (bicyclic) bond motifs is 5. The van der Waals surface area contributed by atoms with E-state index < -0.39 is 13.3 Å². The van der Waals surface area contributed by atoms with Crippen molar-refractivity contribution in [1.82, 2.24) is 0 Å². The van der Waals surface area contributed by atoms with Crippen LogP contribution in [0, 0.1) is 6.92 Å². The van der Waals surface area contributed by atoms with Gasteiger partial charge in [-0.1, -0.05) is 0 Å². The first kappa shape index (κ1) is 19.3. The Hall–Kier alpha value is -3.36. The molecule has 6 rings (SSSR count). The normalized spacial score (nSPS) is 13.4. The molecule has 0 saturated carbocycles. The van der Waals surface area contributed by atoms with E-state index in [2.05, 4.69) is 134 Å². The average molecular weight is 469 g/mol. The fourth-order valence-electron chi connectivity index (χ4n) is 5.51. The summed E-state index contributed by atoms with van der Waals surface area (Å²) < 4.78 is 6.00. The molecule has 0 amide bonds. The van der Waals surface area contributed by atoms with Crippen molar-refractivity contribution in [3.8, 4) is 22.3 Å². The summed E-state index contributed by atoms with van der Waals surface area (Å²) in [5.41, 5.74) is 6.77. The molecule has 0 N–H and O–H groups in total. The molecule has 0 fully saturated rings. The third-order valence-electron chi connectivity index (χ3n) is 6.83. The van der Waals surface area contributed by atoms with Crippen LogP contribution in [0.1, 0.15) is 5.56 Å². The van der Waals surface area contributed by atoms with E-state index in [1.54, 1.807) is 0 Å². The molecule has 0 spiro atoms. The van der Waals surface area contributed by atoms with E-state index in [4.69, 9.17) is 0 Å². The van der Waals surface area contributed by atoms with Gasteiger partial charge in [0.15, 0.2) is 0 Å². The van der Waals surface area contributed by atoms with Crippen LogP contribution in [-0.2, 0) is 0 Å². The van der Waals surface area contributed by atoms with Crippen molar-refractivity contribution in [2.45, 2.75) is 6.92 Å². The molecule has 1 aliphatic heterocycles. The standard InChI is InChI=1S/C31H24Ge/c1-23-20-21-29-27-17-9-8-16-26(27)28-18-10-11-19-30(28)32(31(29)22-23,24-12-4-2-5-13-24)25-14-6-3-7-15-25/h2-22H,1H3. The molecule has 0 radical (unpaired) electrons. The number of benzene rings is 5. The van der Waals surface area contributed by atoms with Gasteiger partial charge >= 0.3 is 193 Å². The maximum atomic E-state index is 2.48. The Morgan fingerprint density at radius 2 is 0.875 bits per heavy atom. The predicted octanol–water partition coefficient (Wildman–Crippen LogP) is 5.02. The van der Waals surface area contributed by atoms with Gasteiger partial charge in [-0.3, -0.25) is 0 Å². The fourth-order valence-corrected chi connectivity index (χ4v) is 16.6. The first-order valence-corrected chi connectivity index (χ1v) is 15.4. The van der Waals surface area contributed by atoms with Crippen molar-refractivity contribution >= 4 is 30.8 Å². The second-order valence-corrected chi connectivity index (χ2v) is 16.5. The molecule has 1 heterocycles. The number of rotatable bonds is 2. The van der Waals surface area contributed by atoms with Gasteiger partial charge in [0.1, 0.15) is 0 Å². The summed E-state index contributed by atoms with van der Waals surface area (Å²) in [6.45, 7) is 2.23. The Bertz CT molecular complexity index is 1380. The first-order chi connectivity index (χ1) is 15.8. The Kier molecular flexibility index (Phi) is 4.62. The molecule has 0 nitrogen and oxygen atoms in total. The zero-order chi connectivity index (χ0) is 21.5. The van der Waals surface area contributed by atoms with Gasteiger partial charge in [0.2, 0.25) is 0 Å². The summed E-state index contributed by atoms with van der Waals surface area (Å²) in [7, 11) is 0. The molecule has 0 unspecified atom stereocenters. The van der Waals surface area contributed by atoms with Crippen molar-refractivity contribution in [2.75, 3.05) is 0 Å². The van der Waals surface area contributed by atoms with Crippen LogP contribution in [0.3, 0.4) is 0 Å². The van der Waals surface area contributed by atoms with E-state index in [0.29, 0.717) is 0 Å². The number of hydrogen-bond acceptors (Lipinski definition) is 0. The van der Waals surface area contributed by atoms with Crippen molar-refractivity contribution in [2.24, 2.45) is 0 Å². The summed E-state index contributed by atoms with van der Waals surface area (Å²) in [5, 5.41) is 0. The van der Waals surface area contributed by atoms with E-state index in [1.165, 1.54) is 45.4 Å². The van der Waals surface area contributed by atoms with Crippen LogP contribution in [0.5, 0.6) is 0 Å². The number of aryl methyl sites for hydroxylation is 1. The Morgan fingerprint density at radius 3 is 1.47 bits per heavy atom. The van der Waals surface area contributed by atoms with Crippen LogP contribution in [0.25, 0.3) is 22.3 Å². The summed E-state index contributed by atoms with van der Waals surface area (Å²) >= 11 is -3.30. The monoisotopic (exact) mass is 470 g/mol. The molecular formula is C31H24Ge. The molecule has 32 heavy (non-hydrogen) atoms. The molecule has 1 aliphatic rings. The van der Waals surface area contributed by atoms with Gasteiger partial charge in [0, 0.05) is 0 Å². The van der Waals surface area contributed by atoms with E-state index in [-0.39, 0.29) is 0 Å². The van der Waals surface area contributed by atoms with E-state index in [9.17, 15) is 0 Å². The van der Waals surface area contributed by atoms with Gasteiger partial charge in [-0.15, -0.1) is 0 Å². The van der Waals surface area contributed by atoms with Gasteiger partial charge in [-0.25, -0.2) is 0 Å². The zero-order valence-electron chi connectivity index (χ0n) is 18.1. The van der Waals surface area contributed by atoms with Crippen LogP contribution >= 0.6 is 0 Å². The summed E-state index contributed by atoms with van der Waals surface area (Å²) in [6.07, 6.45) is 0. The molecule has 1 heteroatoms. The molecule has 0 bridgehead atoms. The summed E-state index contributed by atoms with van der Waals surface area (Å²) in [5.74, 6) is 0. The average Bonchev–Trinajstić information content (AvgIpc) is 2.96. The predicted molar refractivity (Wildman–Crippen MR) is 139 cm³/mol. The van der Waals surface area contributed by atoms with Gasteiger partial charge in [0.05, 0.1) is 0 Å². The Balaban J connectivity index is 1.90. The third kappa shape index (κ3) is 2.76. The van der Waals surface area contributed by atoms with Crippen LogP contribution in [0.15, 0.2) is 127 Å². The maximum absolute atomic E-state index is 3.30. The van der Waals surface area contributed by atoms with Crippen molar-refractivity contribution in [3.05, 3.63) is 133 Å². The van der Waals surface area contributed by atoms with Crippen LogP contribution < -0.4 is 17.6 Å². The van der Waals surface area contributed by atoms with E-state index in [1.807, 2.05) is 0 Å². The van der Waals surface area contributed by atoms with Crippen LogP contribution in [-0.4, -0.2) is 13.3 Å². The van der Waals surface area contributed by atoms with E-state index in [0.717, 1.165) is 0 Å². The SMILES string of the molecule is Cc1ccc2[c](c1)[Ge]([c]1ccccc1)([c]1ccccc1)[c]1ccccc1-c1ccccc1-2. The third-order valence-corrected chi connectivity index (χ3v) is 17.0. The minimum absolute atomic E-state index is 1.32. The second kappa shape index (κ2) is 7.65. The van der Waals surface area contributed by atoms with Gasteiger partial charge in [-0.2, -0.15) is 0 Å². The summed E-state index contributed by atoms with van der Waals surface area (Å²) in [4.78, 5) is 0. The zero-order valence-corrected chi connectivity index (χ0v) is 20.2. The van der Waals surface area contributed by atoms with Crippen molar-refractivity contribution in [3.63, 3.8) is 0 Å². The topological polar surface area (TPSA) is 0 Å². The second-order valence-electron chi connectivity index (χ2n) is 8.62. The van der Waals surface area contributed by atoms with Gasteiger partial charge < -0.3 is 0 Å². The summed E-state index contributed by atoms with van der Waals surface area (Å²) in [6, 6.07) is 47.8. The van der Waals surface area contributed by atoms with Crippen molar-refractivity contribution in [1.29, 1.82) is 0 Å². The minimum atomic E-state index is -3.30.